The Bertz CT molecular complexity index is 1070. The van der Waals surface area contributed by atoms with Gasteiger partial charge in [0.15, 0.2) is 5.69 Å². The fourth-order valence-electron chi connectivity index (χ4n) is 3.12. The van der Waals surface area contributed by atoms with Gasteiger partial charge in [-0.3, -0.25) is 4.52 Å². The monoisotopic (exact) mass is 463 g/mol. The average Bonchev–Trinajstić information content (AvgIpc) is 2.91. The summed E-state index contributed by atoms with van der Waals surface area (Å²) < 4.78 is 1.83. The van der Waals surface area contributed by atoms with Crippen molar-refractivity contribution in [1.29, 1.82) is 5.26 Å². The van der Waals surface area contributed by atoms with Crippen LogP contribution in [-0.2, 0) is 20.1 Å². The molecule has 22 heavy (non-hydrogen) atoms. The average molecular weight is 463 g/mol. The minimum atomic E-state index is 0. The topological polar surface area (TPSA) is 41.1 Å². The molecule has 0 saturated carbocycles. The first-order chi connectivity index (χ1) is 10.2. The van der Waals surface area contributed by atoms with E-state index in [9.17, 15) is 0 Å². The van der Waals surface area contributed by atoms with Crippen LogP contribution in [-0.4, -0.2) is 9.61 Å². The Kier molecular flexibility index (Phi) is 3.48. The van der Waals surface area contributed by atoms with Gasteiger partial charge in [0, 0.05) is 26.2 Å². The predicted octanol–water partition coefficient (Wildman–Crippen LogP) is 3.93. The van der Waals surface area contributed by atoms with E-state index in [-0.39, 0.29) is 20.1 Å². The van der Waals surface area contributed by atoms with Crippen molar-refractivity contribution in [3.8, 4) is 6.07 Å². The molecule has 0 N–H and O–H groups in total. The number of hydrogen-bond acceptors (Lipinski definition) is 2. The van der Waals surface area contributed by atoms with E-state index in [4.69, 9.17) is 5.26 Å². The zero-order valence-electron chi connectivity index (χ0n) is 12.1. The van der Waals surface area contributed by atoms with E-state index in [1.807, 2.05) is 22.7 Å². The summed E-state index contributed by atoms with van der Waals surface area (Å²) in [6.45, 7) is 4.21. The molecule has 0 saturated heterocycles. The van der Waals surface area contributed by atoms with Crippen molar-refractivity contribution >= 4 is 27.2 Å². The summed E-state index contributed by atoms with van der Waals surface area (Å²) in [6.07, 6.45) is 0. The van der Waals surface area contributed by atoms with Crippen LogP contribution in [0.5, 0.6) is 0 Å². The van der Waals surface area contributed by atoms with E-state index >= 15 is 0 Å². The molecular weight excluding hydrogens is 450 g/mol. The van der Waals surface area contributed by atoms with E-state index in [0.29, 0.717) is 5.69 Å². The van der Waals surface area contributed by atoms with Crippen molar-refractivity contribution < 1.29 is 20.1 Å². The first kappa shape index (κ1) is 14.7. The van der Waals surface area contributed by atoms with Gasteiger partial charge in [-0.05, 0) is 30.3 Å². The molecule has 0 bridgehead atoms. The number of benzene rings is 2. The van der Waals surface area contributed by atoms with Gasteiger partial charge in [-0.1, -0.05) is 23.1 Å². The van der Waals surface area contributed by atoms with Crippen molar-refractivity contribution in [3.63, 3.8) is 0 Å². The molecule has 3 nitrogen and oxygen atoms in total. The maximum absolute atomic E-state index is 9.16. The van der Waals surface area contributed by atoms with Gasteiger partial charge in [0.2, 0.25) is 0 Å². The Balaban J connectivity index is 0.00000144. The number of nitriles is 1. The molecule has 2 heterocycles. The number of aromatic nitrogens is 2. The van der Waals surface area contributed by atoms with E-state index < -0.39 is 0 Å². The van der Waals surface area contributed by atoms with Crippen molar-refractivity contribution in [2.24, 2.45) is 0 Å². The fourth-order valence-corrected chi connectivity index (χ4v) is 3.12. The Morgan fingerprint density at radius 3 is 2.77 bits per heavy atom. The first-order valence-corrected chi connectivity index (χ1v) is 6.82. The molecule has 2 aromatic carbocycles. The predicted molar refractivity (Wildman–Crippen MR) is 83.2 cm³/mol. The van der Waals surface area contributed by atoms with Gasteiger partial charge >= 0.3 is 0 Å². The van der Waals surface area contributed by atoms with Crippen LogP contribution in [0.25, 0.3) is 27.2 Å². The molecule has 1 radical (unpaired) electrons. The molecule has 0 fully saturated rings. The van der Waals surface area contributed by atoms with Gasteiger partial charge in [-0.25, -0.2) is 0 Å². The molecule has 0 aliphatic carbocycles. The molecule has 4 rings (SSSR count). The van der Waals surface area contributed by atoms with Gasteiger partial charge in [0.05, 0.1) is 5.52 Å². The number of aryl methyl sites for hydroxylation is 2. The van der Waals surface area contributed by atoms with Crippen LogP contribution in [0, 0.1) is 31.2 Å². The number of nitrogens with zero attached hydrogens (tertiary/aromatic N) is 3. The fraction of sp³-hybridized carbons (Fsp3) is 0.111. The van der Waals surface area contributed by atoms with Crippen LogP contribution in [0.3, 0.4) is 0 Å². The number of rotatable bonds is 0. The smallest absolute Gasteiger partial charge is 0.163 e. The number of para-hydroxylation sites is 1. The van der Waals surface area contributed by atoms with Gasteiger partial charge in [-0.15, -0.1) is 5.39 Å². The summed E-state index contributed by atoms with van der Waals surface area (Å²) >= 11 is 0. The minimum absolute atomic E-state index is 0. The van der Waals surface area contributed by atoms with Gasteiger partial charge in [0.25, 0.3) is 0 Å². The van der Waals surface area contributed by atoms with Crippen LogP contribution < -0.4 is 0 Å². The summed E-state index contributed by atoms with van der Waals surface area (Å²) in [5.41, 5.74) is 4.74. The van der Waals surface area contributed by atoms with Gasteiger partial charge in [-0.2, -0.15) is 34.6 Å². The number of pyridine rings is 1. The van der Waals surface area contributed by atoms with Crippen molar-refractivity contribution in [1.82, 2.24) is 9.61 Å². The molecule has 0 aliphatic rings. The number of fused-ring (bicyclic) bond motifs is 6. The Hall–Kier alpha value is -2.21. The molecular formula is C18H12IrN3-. The SMILES string of the molecule is Cc1cc(C)c2c(c1)c1ccc[c-]c1n1nc(C#N)cc21.[Ir]. The third-order valence-electron chi connectivity index (χ3n) is 3.90. The van der Waals surface area contributed by atoms with E-state index in [1.165, 1.54) is 16.5 Å². The van der Waals surface area contributed by atoms with Crippen molar-refractivity contribution in [2.75, 3.05) is 0 Å². The maximum Gasteiger partial charge on any atom is 0.163 e. The van der Waals surface area contributed by atoms with Crippen LogP contribution >= 0.6 is 0 Å². The zero-order chi connectivity index (χ0) is 14.6. The molecule has 2 aromatic heterocycles. The molecule has 4 aromatic rings. The second kappa shape index (κ2) is 5.21. The van der Waals surface area contributed by atoms with Crippen LogP contribution in [0.1, 0.15) is 16.8 Å². The van der Waals surface area contributed by atoms with E-state index in [2.05, 4.69) is 49.3 Å². The van der Waals surface area contributed by atoms with Crippen molar-refractivity contribution in [3.05, 3.63) is 59.3 Å². The first-order valence-electron chi connectivity index (χ1n) is 6.82. The largest absolute Gasteiger partial charge is 0.256 e. The quantitative estimate of drug-likeness (QED) is 0.294. The minimum Gasteiger partial charge on any atom is -0.256 e. The zero-order valence-corrected chi connectivity index (χ0v) is 14.5. The standard InChI is InChI=1S/C18H12N3.Ir/c1-11-7-12(2)18-15(8-11)14-5-3-4-6-16(14)21-17(18)9-13(10-19)20-21;/h3-5,7-9H,1-2H3;/q-1;. The summed E-state index contributed by atoms with van der Waals surface area (Å²) in [4.78, 5) is 0. The molecule has 0 aliphatic heterocycles. The summed E-state index contributed by atoms with van der Waals surface area (Å²) in [5, 5.41) is 17.0. The van der Waals surface area contributed by atoms with E-state index in [1.54, 1.807) is 0 Å². The third kappa shape index (κ3) is 1.94. The van der Waals surface area contributed by atoms with Gasteiger partial charge < -0.3 is 0 Å². The Labute approximate surface area is 141 Å². The second-order valence-corrected chi connectivity index (χ2v) is 5.38. The summed E-state index contributed by atoms with van der Waals surface area (Å²) in [7, 11) is 0. The molecule has 4 heteroatoms. The number of hydrogen-bond donors (Lipinski definition) is 0. The molecule has 0 spiro atoms. The van der Waals surface area contributed by atoms with Crippen LogP contribution in [0.4, 0.5) is 0 Å². The third-order valence-corrected chi connectivity index (χ3v) is 3.90. The van der Waals surface area contributed by atoms with Crippen LogP contribution in [0.2, 0.25) is 0 Å². The molecule has 0 amide bonds. The molecule has 0 atom stereocenters. The van der Waals surface area contributed by atoms with E-state index in [0.717, 1.165) is 21.8 Å². The molecule has 109 valence electrons. The maximum atomic E-state index is 9.16. The van der Waals surface area contributed by atoms with Crippen LogP contribution in [0.15, 0.2) is 36.4 Å². The molecule has 0 unspecified atom stereocenters. The Morgan fingerprint density at radius 1 is 1.18 bits per heavy atom. The van der Waals surface area contributed by atoms with Gasteiger partial charge in [0.1, 0.15) is 6.07 Å². The second-order valence-electron chi connectivity index (χ2n) is 5.38. The Morgan fingerprint density at radius 2 is 2.00 bits per heavy atom. The normalized spacial score (nSPS) is 10.8. The van der Waals surface area contributed by atoms with Crippen molar-refractivity contribution in [2.45, 2.75) is 13.8 Å². The summed E-state index contributed by atoms with van der Waals surface area (Å²) in [6, 6.07) is 17.5. The summed E-state index contributed by atoms with van der Waals surface area (Å²) in [5.74, 6) is 0.